The molecule has 1 aliphatic carbocycles. The van der Waals surface area contributed by atoms with Crippen LogP contribution < -0.4 is 10.6 Å². The minimum absolute atomic E-state index is 0.0722. The van der Waals surface area contributed by atoms with Gasteiger partial charge in [-0.25, -0.2) is 0 Å². The highest BCUT2D eigenvalue weighted by Crippen LogP contribution is 2.45. The Labute approximate surface area is 114 Å². The van der Waals surface area contributed by atoms with Crippen LogP contribution in [0.5, 0.6) is 0 Å². The predicted molar refractivity (Wildman–Crippen MR) is 77.2 cm³/mol. The Bertz CT molecular complexity index is 396. The van der Waals surface area contributed by atoms with E-state index in [1.54, 1.807) is 0 Å². The molecule has 0 amide bonds. The summed E-state index contributed by atoms with van der Waals surface area (Å²) >= 11 is 0. The maximum Gasteiger partial charge on any atom is 0.191 e. The van der Waals surface area contributed by atoms with E-state index in [1.807, 2.05) is 12.1 Å². The van der Waals surface area contributed by atoms with Crippen LogP contribution in [-0.4, -0.2) is 41.9 Å². The molecule has 1 aromatic heterocycles. The van der Waals surface area contributed by atoms with E-state index in [0.717, 1.165) is 38.4 Å². The first-order valence-electron chi connectivity index (χ1n) is 7.02. The van der Waals surface area contributed by atoms with Crippen molar-refractivity contribution in [2.24, 2.45) is 10.4 Å². The molecule has 2 rings (SSSR count). The zero-order valence-electron chi connectivity index (χ0n) is 11.6. The van der Waals surface area contributed by atoms with Gasteiger partial charge in [0, 0.05) is 37.4 Å². The number of nitrogens with zero attached hydrogens (tertiary/aromatic N) is 2. The summed E-state index contributed by atoms with van der Waals surface area (Å²) in [6.45, 7) is 5.63. The van der Waals surface area contributed by atoms with Gasteiger partial charge in [-0.2, -0.15) is 0 Å². The summed E-state index contributed by atoms with van der Waals surface area (Å²) in [4.78, 5) is 4.56. The summed E-state index contributed by atoms with van der Waals surface area (Å²) < 4.78 is 2.13. The molecule has 0 saturated heterocycles. The fourth-order valence-corrected chi connectivity index (χ4v) is 1.95. The first-order chi connectivity index (χ1) is 9.28. The van der Waals surface area contributed by atoms with Gasteiger partial charge in [-0.3, -0.25) is 4.99 Å². The number of hydrogen-bond donors (Lipinski definition) is 3. The maximum atomic E-state index is 9.29. The van der Waals surface area contributed by atoms with Gasteiger partial charge in [0.2, 0.25) is 0 Å². The van der Waals surface area contributed by atoms with Crippen LogP contribution in [0.15, 0.2) is 29.5 Å². The van der Waals surface area contributed by atoms with Crippen LogP contribution in [-0.2, 0) is 6.54 Å². The lowest BCUT2D eigenvalue weighted by atomic mass is 10.1. The zero-order valence-corrected chi connectivity index (χ0v) is 11.6. The number of aliphatic hydroxyl groups is 1. The molecule has 3 N–H and O–H groups in total. The summed E-state index contributed by atoms with van der Waals surface area (Å²) in [7, 11) is 0. The largest absolute Gasteiger partial charge is 0.396 e. The van der Waals surface area contributed by atoms with Gasteiger partial charge >= 0.3 is 0 Å². The number of guanidine groups is 1. The molecule has 0 spiro atoms. The van der Waals surface area contributed by atoms with Crippen LogP contribution >= 0.6 is 0 Å². The van der Waals surface area contributed by atoms with Crippen LogP contribution in [0, 0.1) is 5.41 Å². The summed E-state index contributed by atoms with van der Waals surface area (Å²) in [6.07, 6.45) is 6.29. The highest BCUT2D eigenvalue weighted by molar-refractivity contribution is 5.79. The van der Waals surface area contributed by atoms with Gasteiger partial charge in [-0.1, -0.05) is 0 Å². The van der Waals surface area contributed by atoms with Gasteiger partial charge in [-0.05, 0) is 31.9 Å². The molecule has 0 aliphatic heterocycles. The fourth-order valence-electron chi connectivity index (χ4n) is 1.95. The average Bonchev–Trinajstić information content (AvgIpc) is 3.03. The number of aliphatic imine (C=N–C) groups is 1. The van der Waals surface area contributed by atoms with E-state index in [4.69, 9.17) is 0 Å². The maximum absolute atomic E-state index is 9.29. The van der Waals surface area contributed by atoms with Crippen LogP contribution in [0.2, 0.25) is 0 Å². The quantitative estimate of drug-likeness (QED) is 0.504. The van der Waals surface area contributed by atoms with Crippen molar-refractivity contribution in [2.45, 2.75) is 26.3 Å². The van der Waals surface area contributed by atoms with E-state index in [0.29, 0.717) is 6.54 Å². The third-order valence-electron chi connectivity index (χ3n) is 3.54. The average molecular weight is 264 g/mol. The molecule has 1 saturated carbocycles. The first-order valence-corrected chi connectivity index (χ1v) is 7.02. The molecule has 5 heteroatoms. The third kappa shape index (κ3) is 4.28. The van der Waals surface area contributed by atoms with E-state index < -0.39 is 0 Å². The normalized spacial score (nSPS) is 17.3. The van der Waals surface area contributed by atoms with E-state index in [1.165, 1.54) is 0 Å². The molecule has 106 valence electrons. The standard InChI is InChI=1S/C14H24N4O/c1-2-15-13(17-11-14(12-19)5-6-14)16-7-10-18-8-3-4-9-18/h3-4,8-9,19H,2,5-7,10-12H2,1H3,(H2,15,16,17). The molecule has 0 unspecified atom stereocenters. The fraction of sp³-hybridized carbons (Fsp3) is 0.643. The van der Waals surface area contributed by atoms with Crippen molar-refractivity contribution in [1.29, 1.82) is 0 Å². The molecule has 0 bridgehead atoms. The van der Waals surface area contributed by atoms with Crippen LogP contribution in [0.1, 0.15) is 19.8 Å². The molecule has 0 atom stereocenters. The molecule has 0 radical (unpaired) electrons. The lowest BCUT2D eigenvalue weighted by molar-refractivity contribution is 0.217. The van der Waals surface area contributed by atoms with Gasteiger partial charge < -0.3 is 20.3 Å². The minimum Gasteiger partial charge on any atom is -0.396 e. The number of hydrogen-bond acceptors (Lipinski definition) is 2. The van der Waals surface area contributed by atoms with Crippen molar-refractivity contribution in [3.8, 4) is 0 Å². The van der Waals surface area contributed by atoms with Gasteiger partial charge in [0.25, 0.3) is 0 Å². The lowest BCUT2D eigenvalue weighted by Crippen LogP contribution is -2.39. The Hall–Kier alpha value is -1.49. The smallest absolute Gasteiger partial charge is 0.191 e. The highest BCUT2D eigenvalue weighted by atomic mass is 16.3. The number of rotatable bonds is 7. The van der Waals surface area contributed by atoms with Crippen LogP contribution in [0.3, 0.4) is 0 Å². The number of aromatic nitrogens is 1. The summed E-state index contributed by atoms with van der Waals surface area (Å²) in [5.74, 6) is 0.842. The van der Waals surface area contributed by atoms with E-state index in [-0.39, 0.29) is 12.0 Å². The molecule has 1 aliphatic rings. The van der Waals surface area contributed by atoms with Crippen LogP contribution in [0.4, 0.5) is 0 Å². The minimum atomic E-state index is 0.0722. The van der Waals surface area contributed by atoms with E-state index in [2.05, 4.69) is 39.5 Å². The first kappa shape index (κ1) is 13.9. The molecule has 5 nitrogen and oxygen atoms in total. The van der Waals surface area contributed by atoms with Crippen molar-refractivity contribution in [3.63, 3.8) is 0 Å². The molecule has 0 aromatic carbocycles. The molecule has 1 aromatic rings. The summed E-state index contributed by atoms with van der Waals surface area (Å²) in [5, 5.41) is 15.8. The molecule has 1 heterocycles. The Morgan fingerprint density at radius 2 is 2.05 bits per heavy atom. The SMILES string of the molecule is CCNC(=NCC1(CO)CC1)NCCn1cccc1. The molecular weight excluding hydrogens is 240 g/mol. The second kappa shape index (κ2) is 6.61. The van der Waals surface area contributed by atoms with Gasteiger partial charge in [0.1, 0.15) is 0 Å². The van der Waals surface area contributed by atoms with Crippen molar-refractivity contribution < 1.29 is 5.11 Å². The van der Waals surface area contributed by atoms with E-state index in [9.17, 15) is 5.11 Å². The van der Waals surface area contributed by atoms with Crippen molar-refractivity contribution in [2.75, 3.05) is 26.2 Å². The van der Waals surface area contributed by atoms with E-state index >= 15 is 0 Å². The predicted octanol–water partition coefficient (Wildman–Crippen LogP) is 0.816. The third-order valence-corrected chi connectivity index (χ3v) is 3.54. The molecular formula is C14H24N4O. The number of nitrogens with one attached hydrogen (secondary N) is 2. The Morgan fingerprint density at radius 1 is 1.32 bits per heavy atom. The second-order valence-corrected chi connectivity index (χ2v) is 5.20. The Morgan fingerprint density at radius 3 is 2.63 bits per heavy atom. The van der Waals surface area contributed by atoms with Crippen LogP contribution in [0.25, 0.3) is 0 Å². The summed E-state index contributed by atoms with van der Waals surface area (Å²) in [5.41, 5.74) is 0.0722. The Kier molecular flexibility index (Phi) is 4.85. The highest BCUT2D eigenvalue weighted by Gasteiger charge is 2.41. The van der Waals surface area contributed by atoms with Gasteiger partial charge in [0.05, 0.1) is 13.2 Å². The lowest BCUT2D eigenvalue weighted by Gasteiger charge is -2.14. The topological polar surface area (TPSA) is 61.6 Å². The van der Waals surface area contributed by atoms with Gasteiger partial charge in [-0.15, -0.1) is 0 Å². The zero-order chi connectivity index (χ0) is 13.6. The van der Waals surface area contributed by atoms with Gasteiger partial charge in [0.15, 0.2) is 5.96 Å². The van der Waals surface area contributed by atoms with Crippen molar-refractivity contribution in [1.82, 2.24) is 15.2 Å². The number of aliphatic hydroxyl groups excluding tert-OH is 1. The van der Waals surface area contributed by atoms with Crippen molar-refractivity contribution in [3.05, 3.63) is 24.5 Å². The Balaban J connectivity index is 1.76. The second-order valence-electron chi connectivity index (χ2n) is 5.20. The molecule has 19 heavy (non-hydrogen) atoms. The summed E-state index contributed by atoms with van der Waals surface area (Å²) in [6, 6.07) is 4.05. The monoisotopic (exact) mass is 264 g/mol. The van der Waals surface area contributed by atoms with Crippen molar-refractivity contribution >= 4 is 5.96 Å². The molecule has 1 fully saturated rings.